The van der Waals surface area contributed by atoms with Gasteiger partial charge in [0.1, 0.15) is 15.6 Å². The summed E-state index contributed by atoms with van der Waals surface area (Å²) < 4.78 is 12.5. The first-order valence-electron chi connectivity index (χ1n) is 12.2. The maximum atomic E-state index is 13.4. The zero-order chi connectivity index (χ0) is 26.2. The minimum Gasteiger partial charge on any atom is -0.540 e. The molecule has 3 aromatic rings. The molecule has 0 radical (unpaired) electrons. The summed E-state index contributed by atoms with van der Waals surface area (Å²) in [5.74, 6) is 1.17. The smallest absolute Gasteiger partial charge is 0.267 e. The van der Waals surface area contributed by atoms with Crippen LogP contribution in [0.1, 0.15) is 61.1 Å². The molecule has 1 amide bonds. The Hall–Kier alpha value is -2.39. The molecule has 2 aromatic carbocycles. The fourth-order valence-electron chi connectivity index (χ4n) is 5.40. The number of ether oxygens (including phenoxy) is 1. The van der Waals surface area contributed by atoms with E-state index in [1.54, 1.807) is 19.2 Å². The van der Waals surface area contributed by atoms with Crippen LogP contribution in [0.15, 0.2) is 36.4 Å². The van der Waals surface area contributed by atoms with Crippen LogP contribution in [-0.4, -0.2) is 38.0 Å². The van der Waals surface area contributed by atoms with Crippen molar-refractivity contribution >= 4 is 42.8 Å². The molecule has 2 N–H and O–H groups in total. The van der Waals surface area contributed by atoms with Crippen molar-refractivity contribution in [1.29, 1.82) is 0 Å². The minimum absolute atomic E-state index is 0.0945. The molecular weight excluding hydrogens is 512 g/mol. The Morgan fingerprint density at radius 1 is 1.22 bits per heavy atom. The summed E-state index contributed by atoms with van der Waals surface area (Å²) in [6.07, 6.45) is 0.294. The Labute approximate surface area is 222 Å². The molecule has 1 atom stereocenters. The van der Waals surface area contributed by atoms with E-state index >= 15 is 0 Å². The lowest BCUT2D eigenvalue weighted by molar-refractivity contribution is 0.102. The third-order valence-electron chi connectivity index (χ3n) is 7.13. The van der Waals surface area contributed by atoms with E-state index < -0.39 is 8.32 Å². The van der Waals surface area contributed by atoms with E-state index in [0.717, 1.165) is 16.9 Å². The summed E-state index contributed by atoms with van der Waals surface area (Å²) in [4.78, 5) is 18.5. The number of hydrogen-bond acceptors (Lipinski definition) is 6. The molecule has 0 bridgehead atoms. The highest BCUT2D eigenvalue weighted by molar-refractivity contribution is 7.17. The van der Waals surface area contributed by atoms with Gasteiger partial charge in [-0.15, -0.1) is 11.3 Å². The van der Waals surface area contributed by atoms with Gasteiger partial charge in [0.25, 0.3) is 14.2 Å². The molecule has 1 aliphatic heterocycles. The number of aliphatic hydroxyl groups excluding tert-OH is 1. The predicted molar refractivity (Wildman–Crippen MR) is 149 cm³/mol. The Bertz CT molecular complexity index is 1250. The second-order valence-electron chi connectivity index (χ2n) is 9.81. The maximum absolute atomic E-state index is 13.4. The van der Waals surface area contributed by atoms with E-state index in [2.05, 4.69) is 44.9 Å². The Morgan fingerprint density at radius 3 is 2.47 bits per heavy atom. The number of aliphatic hydroxyl groups is 1. The topological polar surface area (TPSA) is 80.7 Å². The normalized spacial score (nSPS) is 16.2. The van der Waals surface area contributed by atoms with Gasteiger partial charge < -0.3 is 19.6 Å². The van der Waals surface area contributed by atoms with Gasteiger partial charge in [-0.05, 0) is 29.3 Å². The number of hydrogen-bond donors (Lipinski definition) is 2. The van der Waals surface area contributed by atoms with E-state index in [1.807, 2.05) is 24.3 Å². The summed E-state index contributed by atoms with van der Waals surface area (Å²) in [6, 6.07) is 11.2. The SMILES string of the molecule is COc1cc(NC(=O)c2sc(-c3ccc(Cl)cc3)nc2CCO)cc2c1O[Si](C(C)C)(C(C)C)C2C. The number of nitrogens with zero attached hydrogens (tertiary/aromatic N) is 1. The van der Waals surface area contributed by atoms with Crippen molar-refractivity contribution in [2.45, 2.75) is 57.7 Å². The molecule has 1 unspecified atom stereocenters. The number of anilines is 1. The summed E-state index contributed by atoms with van der Waals surface area (Å²) in [5.41, 5.74) is 4.28. The van der Waals surface area contributed by atoms with Crippen molar-refractivity contribution in [3.8, 4) is 22.1 Å². The second kappa shape index (κ2) is 10.5. The Morgan fingerprint density at radius 2 is 1.89 bits per heavy atom. The quantitative estimate of drug-likeness (QED) is 0.297. The maximum Gasteiger partial charge on any atom is 0.267 e. The van der Waals surface area contributed by atoms with Gasteiger partial charge in [-0.3, -0.25) is 4.79 Å². The lowest BCUT2D eigenvalue weighted by atomic mass is 10.1. The molecule has 0 spiro atoms. The van der Waals surface area contributed by atoms with E-state index in [-0.39, 0.29) is 18.1 Å². The average Bonchev–Trinajstić information content (AvgIpc) is 3.39. The largest absolute Gasteiger partial charge is 0.540 e. The Kier molecular flexibility index (Phi) is 7.80. The van der Waals surface area contributed by atoms with Crippen molar-refractivity contribution in [3.63, 3.8) is 0 Å². The fraction of sp³-hybridized carbons (Fsp3) is 0.407. The number of amides is 1. The van der Waals surface area contributed by atoms with Crippen LogP contribution in [0.2, 0.25) is 16.1 Å². The van der Waals surface area contributed by atoms with E-state index in [0.29, 0.717) is 49.5 Å². The average molecular weight is 545 g/mol. The standard InChI is InChI=1S/C27H33ClN2O4SSi/c1-15(2)36(16(3)4)17(5)21-13-20(14-23(33-6)24(21)34-36)29-26(32)25-22(11-12-31)30-27(35-25)18-7-9-19(28)10-8-18/h7-10,13-17,31H,11-12H2,1-6H3,(H,29,32). The van der Waals surface area contributed by atoms with Crippen LogP contribution in [0.4, 0.5) is 5.69 Å². The third kappa shape index (κ3) is 4.67. The molecule has 36 heavy (non-hydrogen) atoms. The van der Waals surface area contributed by atoms with Crippen LogP contribution in [0, 0.1) is 0 Å². The summed E-state index contributed by atoms with van der Waals surface area (Å²) in [5, 5.41) is 14.0. The lowest BCUT2D eigenvalue weighted by Gasteiger charge is -2.37. The molecule has 0 saturated carbocycles. The van der Waals surface area contributed by atoms with Crippen LogP contribution >= 0.6 is 22.9 Å². The van der Waals surface area contributed by atoms with E-state index in [9.17, 15) is 9.90 Å². The van der Waals surface area contributed by atoms with Gasteiger partial charge in [0.05, 0.1) is 12.8 Å². The number of carbonyl (C=O) groups is 1. The number of halogens is 1. The predicted octanol–water partition coefficient (Wildman–Crippen LogP) is 7.06. The number of carbonyl (C=O) groups excluding carboxylic acids is 1. The highest BCUT2D eigenvalue weighted by Crippen LogP contribution is 2.55. The van der Waals surface area contributed by atoms with Crippen molar-refractivity contribution in [1.82, 2.24) is 4.98 Å². The Balaban J connectivity index is 1.68. The molecule has 0 saturated heterocycles. The number of methoxy groups -OCH3 is 1. The zero-order valence-electron chi connectivity index (χ0n) is 21.5. The third-order valence-corrected chi connectivity index (χ3v) is 14.4. The molecule has 9 heteroatoms. The highest BCUT2D eigenvalue weighted by atomic mass is 35.5. The number of nitrogens with one attached hydrogen (secondary N) is 1. The molecular formula is C27H33ClN2O4SSi. The van der Waals surface area contributed by atoms with Gasteiger partial charge in [0.2, 0.25) is 0 Å². The summed E-state index contributed by atoms with van der Waals surface area (Å²) in [7, 11) is -0.538. The first-order valence-corrected chi connectivity index (χ1v) is 15.5. The molecule has 1 aromatic heterocycles. The number of fused-ring (bicyclic) bond motifs is 1. The van der Waals surface area contributed by atoms with Gasteiger partial charge in [-0.1, -0.05) is 58.4 Å². The minimum atomic E-state index is -2.17. The van der Waals surface area contributed by atoms with Crippen LogP contribution in [-0.2, 0) is 6.42 Å². The van der Waals surface area contributed by atoms with Gasteiger partial charge in [-0.25, -0.2) is 4.98 Å². The van der Waals surface area contributed by atoms with Crippen LogP contribution < -0.4 is 14.5 Å². The number of aromatic nitrogens is 1. The first kappa shape index (κ1) is 26.7. The van der Waals surface area contributed by atoms with Crippen molar-refractivity contribution < 1.29 is 19.1 Å². The van der Waals surface area contributed by atoms with Gasteiger partial charge in [0, 0.05) is 46.5 Å². The second-order valence-corrected chi connectivity index (χ2v) is 16.3. The summed E-state index contributed by atoms with van der Waals surface area (Å²) >= 11 is 7.33. The van der Waals surface area contributed by atoms with Gasteiger partial charge >= 0.3 is 0 Å². The monoisotopic (exact) mass is 544 g/mol. The van der Waals surface area contributed by atoms with Crippen LogP contribution in [0.25, 0.3) is 10.6 Å². The molecule has 6 nitrogen and oxygen atoms in total. The van der Waals surface area contributed by atoms with Crippen molar-refractivity contribution in [2.75, 3.05) is 19.0 Å². The summed E-state index contributed by atoms with van der Waals surface area (Å²) in [6.45, 7) is 11.1. The molecule has 4 rings (SSSR count). The van der Waals surface area contributed by atoms with E-state index in [1.165, 1.54) is 11.3 Å². The highest BCUT2D eigenvalue weighted by Gasteiger charge is 2.55. The number of thiazole rings is 1. The van der Waals surface area contributed by atoms with Crippen molar-refractivity contribution in [2.24, 2.45) is 0 Å². The van der Waals surface area contributed by atoms with Crippen LogP contribution in [0.5, 0.6) is 11.5 Å². The number of rotatable bonds is 8. The van der Waals surface area contributed by atoms with Crippen LogP contribution in [0.3, 0.4) is 0 Å². The molecule has 2 heterocycles. The lowest BCUT2D eigenvalue weighted by Crippen LogP contribution is -2.49. The fourth-order valence-corrected chi connectivity index (χ4v) is 11.8. The molecule has 0 aliphatic carbocycles. The molecule has 0 fully saturated rings. The molecule has 192 valence electrons. The van der Waals surface area contributed by atoms with E-state index in [4.69, 9.17) is 20.8 Å². The zero-order valence-corrected chi connectivity index (χ0v) is 24.1. The van der Waals surface area contributed by atoms with Gasteiger partial charge in [0.15, 0.2) is 5.75 Å². The number of benzene rings is 2. The molecule has 1 aliphatic rings. The van der Waals surface area contributed by atoms with Crippen molar-refractivity contribution in [3.05, 3.63) is 57.6 Å². The van der Waals surface area contributed by atoms with Gasteiger partial charge in [-0.2, -0.15) is 0 Å². The first-order chi connectivity index (χ1) is 17.1.